The number of likely N-dealkylation sites (tertiary alicyclic amines) is 1. The molecule has 134 valence electrons. The zero-order valence-corrected chi connectivity index (χ0v) is 14.2. The Balaban J connectivity index is 1.32. The number of nitrogens with zero attached hydrogens (tertiary/aromatic N) is 2. The molecule has 1 atom stereocenters. The molecular formula is C18H23N3O4. The molecule has 7 nitrogen and oxygen atoms in total. The highest BCUT2D eigenvalue weighted by Crippen LogP contribution is 2.32. The van der Waals surface area contributed by atoms with Crippen LogP contribution in [0.25, 0.3) is 0 Å². The minimum absolute atomic E-state index is 0.000316. The molecule has 2 saturated heterocycles. The molecule has 3 amide bonds. The molecule has 3 aliphatic rings. The average molecular weight is 345 g/mol. The Kier molecular flexibility index (Phi) is 4.38. The van der Waals surface area contributed by atoms with E-state index in [1.54, 1.807) is 0 Å². The number of piperidine rings is 1. The smallest absolute Gasteiger partial charge is 0.317 e. The Bertz CT molecular complexity index is 678. The van der Waals surface area contributed by atoms with Crippen molar-refractivity contribution in [3.05, 3.63) is 23.8 Å². The van der Waals surface area contributed by atoms with Crippen LogP contribution in [0.1, 0.15) is 24.8 Å². The molecule has 0 unspecified atom stereocenters. The highest BCUT2D eigenvalue weighted by molar-refractivity contribution is 5.78. The van der Waals surface area contributed by atoms with Crippen molar-refractivity contribution in [2.24, 2.45) is 0 Å². The van der Waals surface area contributed by atoms with E-state index in [-0.39, 0.29) is 24.8 Å². The second-order valence-electron chi connectivity index (χ2n) is 6.75. The summed E-state index contributed by atoms with van der Waals surface area (Å²) in [5.41, 5.74) is 1.07. The van der Waals surface area contributed by atoms with Gasteiger partial charge in [-0.15, -0.1) is 0 Å². The van der Waals surface area contributed by atoms with E-state index in [0.29, 0.717) is 25.9 Å². The number of aryl methyl sites for hydroxylation is 1. The minimum atomic E-state index is -0.000316. The monoisotopic (exact) mass is 345 g/mol. The van der Waals surface area contributed by atoms with Gasteiger partial charge in [-0.05, 0) is 37.0 Å². The average Bonchev–Trinajstić information content (AvgIpc) is 3.27. The van der Waals surface area contributed by atoms with Gasteiger partial charge in [-0.2, -0.15) is 0 Å². The van der Waals surface area contributed by atoms with Crippen LogP contribution in [0.4, 0.5) is 4.79 Å². The van der Waals surface area contributed by atoms with Crippen molar-refractivity contribution in [2.45, 2.75) is 31.7 Å². The van der Waals surface area contributed by atoms with Crippen LogP contribution in [-0.4, -0.2) is 60.8 Å². The quantitative estimate of drug-likeness (QED) is 0.895. The van der Waals surface area contributed by atoms with E-state index in [9.17, 15) is 9.59 Å². The van der Waals surface area contributed by atoms with Crippen LogP contribution < -0.4 is 14.8 Å². The number of hydrogen-bond donors (Lipinski definition) is 1. The number of fused-ring (bicyclic) bond motifs is 1. The van der Waals surface area contributed by atoms with E-state index in [2.05, 4.69) is 5.32 Å². The fourth-order valence-corrected chi connectivity index (χ4v) is 3.78. The van der Waals surface area contributed by atoms with E-state index < -0.39 is 0 Å². The molecule has 25 heavy (non-hydrogen) atoms. The van der Waals surface area contributed by atoms with Crippen molar-refractivity contribution in [3.8, 4) is 11.5 Å². The van der Waals surface area contributed by atoms with Crippen LogP contribution in [0.15, 0.2) is 18.2 Å². The van der Waals surface area contributed by atoms with Gasteiger partial charge in [-0.25, -0.2) is 4.79 Å². The molecule has 3 aliphatic heterocycles. The lowest BCUT2D eigenvalue weighted by Crippen LogP contribution is -2.50. The zero-order chi connectivity index (χ0) is 17.2. The summed E-state index contributed by atoms with van der Waals surface area (Å²) >= 11 is 0. The summed E-state index contributed by atoms with van der Waals surface area (Å²) in [6.45, 7) is 3.13. The van der Waals surface area contributed by atoms with E-state index in [1.165, 1.54) is 0 Å². The van der Waals surface area contributed by atoms with Gasteiger partial charge in [0.05, 0.1) is 6.04 Å². The summed E-state index contributed by atoms with van der Waals surface area (Å²) in [7, 11) is 0. The van der Waals surface area contributed by atoms with Crippen LogP contribution >= 0.6 is 0 Å². The Labute approximate surface area is 146 Å². The molecule has 7 heteroatoms. The van der Waals surface area contributed by atoms with Crippen LogP contribution in [-0.2, 0) is 11.2 Å². The van der Waals surface area contributed by atoms with Gasteiger partial charge >= 0.3 is 6.03 Å². The number of hydrogen-bond acceptors (Lipinski definition) is 4. The summed E-state index contributed by atoms with van der Waals surface area (Å²) in [5, 5.41) is 2.84. The van der Waals surface area contributed by atoms with Gasteiger partial charge in [-0.3, -0.25) is 4.79 Å². The number of benzene rings is 1. The molecule has 0 bridgehead atoms. The lowest BCUT2D eigenvalue weighted by Gasteiger charge is -2.37. The molecule has 0 aliphatic carbocycles. The van der Waals surface area contributed by atoms with Gasteiger partial charge < -0.3 is 24.6 Å². The van der Waals surface area contributed by atoms with Gasteiger partial charge in [0.15, 0.2) is 11.5 Å². The number of urea groups is 1. The molecule has 1 aromatic carbocycles. The molecule has 1 N–H and O–H groups in total. The molecular weight excluding hydrogens is 322 g/mol. The Morgan fingerprint density at radius 3 is 2.96 bits per heavy atom. The molecule has 1 aromatic rings. The second-order valence-corrected chi connectivity index (χ2v) is 6.75. The molecule has 3 heterocycles. The largest absolute Gasteiger partial charge is 0.454 e. The lowest BCUT2D eigenvalue weighted by atomic mass is 10.0. The van der Waals surface area contributed by atoms with Crippen molar-refractivity contribution < 1.29 is 19.1 Å². The second kappa shape index (κ2) is 6.82. The maximum Gasteiger partial charge on any atom is 0.317 e. The van der Waals surface area contributed by atoms with Crippen LogP contribution in [0.5, 0.6) is 11.5 Å². The van der Waals surface area contributed by atoms with E-state index in [1.807, 2.05) is 28.0 Å². The molecule has 0 saturated carbocycles. The van der Waals surface area contributed by atoms with Gasteiger partial charge in [0.1, 0.15) is 0 Å². The highest BCUT2D eigenvalue weighted by Gasteiger charge is 2.32. The highest BCUT2D eigenvalue weighted by atomic mass is 16.7. The lowest BCUT2D eigenvalue weighted by molar-refractivity contribution is -0.133. The molecule has 2 fully saturated rings. The summed E-state index contributed by atoms with van der Waals surface area (Å²) in [4.78, 5) is 28.2. The van der Waals surface area contributed by atoms with Gasteiger partial charge in [0.25, 0.3) is 0 Å². The first kappa shape index (κ1) is 16.1. The number of nitrogens with one attached hydrogen (secondary N) is 1. The Morgan fingerprint density at radius 1 is 1.24 bits per heavy atom. The SMILES string of the molecule is O=C(CCc1ccc2c(c1)OCO2)N1CCC[C@H](N2CCNC2=O)C1. The van der Waals surface area contributed by atoms with Crippen LogP contribution in [0.3, 0.4) is 0 Å². The molecule has 4 rings (SSSR count). The minimum Gasteiger partial charge on any atom is -0.454 e. The van der Waals surface area contributed by atoms with Crippen molar-refractivity contribution in [3.63, 3.8) is 0 Å². The van der Waals surface area contributed by atoms with Crippen LogP contribution in [0.2, 0.25) is 0 Å². The predicted molar refractivity (Wildman–Crippen MR) is 90.6 cm³/mol. The summed E-state index contributed by atoms with van der Waals surface area (Å²) in [6, 6.07) is 5.97. The molecule has 0 aromatic heterocycles. The van der Waals surface area contributed by atoms with Gasteiger partial charge in [0.2, 0.25) is 12.7 Å². The topological polar surface area (TPSA) is 71.1 Å². The number of carbonyl (C=O) groups excluding carboxylic acids is 2. The Hall–Kier alpha value is -2.44. The summed E-state index contributed by atoms with van der Waals surface area (Å²) in [5.74, 6) is 1.67. The first-order chi connectivity index (χ1) is 12.2. The number of amides is 3. The normalized spacial score (nSPS) is 22.2. The van der Waals surface area contributed by atoms with Crippen molar-refractivity contribution in [1.82, 2.24) is 15.1 Å². The van der Waals surface area contributed by atoms with Crippen molar-refractivity contribution in [2.75, 3.05) is 33.0 Å². The third-order valence-electron chi connectivity index (χ3n) is 5.14. The van der Waals surface area contributed by atoms with Crippen molar-refractivity contribution >= 4 is 11.9 Å². The summed E-state index contributed by atoms with van der Waals surface area (Å²) in [6.07, 6.45) is 3.07. The van der Waals surface area contributed by atoms with Crippen molar-refractivity contribution in [1.29, 1.82) is 0 Å². The van der Waals surface area contributed by atoms with E-state index in [4.69, 9.17) is 9.47 Å². The standard InChI is InChI=1S/C18H23N3O4/c22-17(6-4-13-3-5-15-16(10-13)25-12-24-15)20-8-1-2-14(11-20)21-9-7-19-18(21)23/h3,5,10,14H,1-2,4,6-9,11-12H2,(H,19,23)/t14-/m0/s1. The van der Waals surface area contributed by atoms with E-state index in [0.717, 1.165) is 43.0 Å². The molecule has 0 spiro atoms. The third-order valence-corrected chi connectivity index (χ3v) is 5.14. The first-order valence-corrected chi connectivity index (χ1v) is 8.91. The zero-order valence-electron chi connectivity index (χ0n) is 14.2. The maximum absolute atomic E-state index is 12.6. The fraction of sp³-hybridized carbons (Fsp3) is 0.556. The van der Waals surface area contributed by atoms with Gasteiger partial charge in [-0.1, -0.05) is 6.07 Å². The number of carbonyl (C=O) groups is 2. The predicted octanol–water partition coefficient (Wildman–Crippen LogP) is 1.36. The number of rotatable bonds is 4. The molecule has 0 radical (unpaired) electrons. The van der Waals surface area contributed by atoms with Crippen LogP contribution in [0, 0.1) is 0 Å². The number of ether oxygens (including phenoxy) is 2. The van der Waals surface area contributed by atoms with Gasteiger partial charge in [0, 0.05) is 32.6 Å². The first-order valence-electron chi connectivity index (χ1n) is 8.91. The summed E-state index contributed by atoms with van der Waals surface area (Å²) < 4.78 is 10.7. The van der Waals surface area contributed by atoms with E-state index >= 15 is 0 Å². The fourth-order valence-electron chi connectivity index (χ4n) is 3.78. The maximum atomic E-state index is 12.6. The third kappa shape index (κ3) is 3.36. The Morgan fingerprint density at radius 2 is 2.12 bits per heavy atom.